The fourth-order valence-electron chi connectivity index (χ4n) is 1.75. The maximum Gasteiger partial charge on any atom is 0.306 e. The zero-order valence-electron chi connectivity index (χ0n) is 11.0. The minimum absolute atomic E-state index is 0.318. The molecule has 1 N–H and O–H groups in total. The Morgan fingerprint density at radius 2 is 1.72 bits per heavy atom. The molecule has 100 valence electrons. The van der Waals surface area contributed by atoms with Gasteiger partial charge in [-0.3, -0.25) is 4.79 Å². The summed E-state index contributed by atoms with van der Waals surface area (Å²) >= 11 is 0. The van der Waals surface area contributed by atoms with Gasteiger partial charge in [0.05, 0.1) is 27.2 Å². The molecule has 0 aliphatic heterocycles. The third-order valence-electron chi connectivity index (χ3n) is 2.76. The van der Waals surface area contributed by atoms with Gasteiger partial charge < -0.3 is 19.3 Å². The highest BCUT2D eigenvalue weighted by molar-refractivity contribution is 5.70. The summed E-state index contributed by atoms with van der Waals surface area (Å²) < 4.78 is 15.7. The number of aliphatic carboxylic acids is 1. The Morgan fingerprint density at radius 1 is 1.17 bits per heavy atom. The molecular formula is C13H18O5. The molecule has 18 heavy (non-hydrogen) atoms. The molecule has 0 saturated heterocycles. The summed E-state index contributed by atoms with van der Waals surface area (Å²) in [6.07, 6.45) is 0.318. The van der Waals surface area contributed by atoms with Crippen LogP contribution >= 0.6 is 0 Å². The van der Waals surface area contributed by atoms with Gasteiger partial charge in [0.25, 0.3) is 0 Å². The summed E-state index contributed by atoms with van der Waals surface area (Å²) in [5, 5.41) is 8.98. The van der Waals surface area contributed by atoms with Crippen LogP contribution < -0.4 is 14.2 Å². The predicted octanol–water partition coefficient (Wildman–Crippen LogP) is 1.98. The quantitative estimate of drug-likeness (QED) is 0.840. The van der Waals surface area contributed by atoms with Crippen LogP contribution in [0.2, 0.25) is 0 Å². The number of carboxylic acid groups (broad SMARTS) is 1. The number of rotatable bonds is 6. The first-order valence-electron chi connectivity index (χ1n) is 5.55. The first-order valence-corrected chi connectivity index (χ1v) is 5.55. The fraction of sp³-hybridized carbons (Fsp3) is 0.462. The van der Waals surface area contributed by atoms with E-state index in [1.54, 1.807) is 19.1 Å². The zero-order valence-corrected chi connectivity index (χ0v) is 11.0. The summed E-state index contributed by atoms with van der Waals surface area (Å²) in [4.78, 5) is 10.9. The van der Waals surface area contributed by atoms with Crippen molar-refractivity contribution in [1.82, 2.24) is 0 Å². The Kier molecular flexibility index (Phi) is 4.83. The van der Waals surface area contributed by atoms with E-state index in [9.17, 15) is 4.79 Å². The van der Waals surface area contributed by atoms with Crippen LogP contribution in [0.3, 0.4) is 0 Å². The zero-order chi connectivity index (χ0) is 13.7. The molecule has 0 heterocycles. The Bertz CT molecular complexity index is 428. The number of benzene rings is 1. The van der Waals surface area contributed by atoms with Crippen molar-refractivity contribution in [2.24, 2.45) is 5.92 Å². The molecule has 0 saturated carbocycles. The van der Waals surface area contributed by atoms with E-state index in [4.69, 9.17) is 19.3 Å². The maximum atomic E-state index is 10.9. The molecule has 0 aliphatic rings. The van der Waals surface area contributed by atoms with Crippen molar-refractivity contribution in [3.05, 3.63) is 17.7 Å². The molecule has 0 radical (unpaired) electrons. The lowest BCUT2D eigenvalue weighted by Crippen LogP contribution is -2.13. The van der Waals surface area contributed by atoms with Gasteiger partial charge in [-0.05, 0) is 18.6 Å². The van der Waals surface area contributed by atoms with Crippen molar-refractivity contribution in [3.63, 3.8) is 0 Å². The number of carboxylic acids is 1. The van der Waals surface area contributed by atoms with Crippen LogP contribution in [-0.4, -0.2) is 32.4 Å². The van der Waals surface area contributed by atoms with Crippen LogP contribution in [0.4, 0.5) is 0 Å². The molecule has 0 spiro atoms. The topological polar surface area (TPSA) is 65.0 Å². The van der Waals surface area contributed by atoms with Gasteiger partial charge in [-0.1, -0.05) is 6.92 Å². The Balaban J connectivity index is 3.23. The molecule has 5 heteroatoms. The third-order valence-corrected chi connectivity index (χ3v) is 2.76. The van der Waals surface area contributed by atoms with Crippen molar-refractivity contribution in [3.8, 4) is 17.2 Å². The molecule has 1 unspecified atom stereocenters. The average Bonchev–Trinajstić information content (AvgIpc) is 2.37. The van der Waals surface area contributed by atoms with E-state index >= 15 is 0 Å². The highest BCUT2D eigenvalue weighted by atomic mass is 16.5. The van der Waals surface area contributed by atoms with Crippen LogP contribution in [-0.2, 0) is 11.2 Å². The van der Waals surface area contributed by atoms with Crippen LogP contribution in [0.1, 0.15) is 12.5 Å². The van der Waals surface area contributed by atoms with Gasteiger partial charge in [0.2, 0.25) is 0 Å². The molecule has 1 atom stereocenters. The standard InChI is InChI=1S/C13H18O5/c1-8(13(14)15)7-9-10(16-2)5-6-11(17-3)12(9)18-4/h5-6,8H,7H2,1-4H3,(H,14,15). The largest absolute Gasteiger partial charge is 0.496 e. The van der Waals surface area contributed by atoms with Gasteiger partial charge in [0.1, 0.15) is 5.75 Å². The van der Waals surface area contributed by atoms with Gasteiger partial charge in [-0.15, -0.1) is 0 Å². The lowest BCUT2D eigenvalue weighted by Gasteiger charge is -2.17. The molecule has 0 bridgehead atoms. The van der Waals surface area contributed by atoms with Gasteiger partial charge in [-0.2, -0.15) is 0 Å². The number of hydrogen-bond acceptors (Lipinski definition) is 4. The highest BCUT2D eigenvalue weighted by Crippen LogP contribution is 2.38. The van der Waals surface area contributed by atoms with E-state index in [0.29, 0.717) is 29.2 Å². The van der Waals surface area contributed by atoms with E-state index in [0.717, 1.165) is 0 Å². The van der Waals surface area contributed by atoms with Crippen LogP contribution in [0.5, 0.6) is 17.2 Å². The summed E-state index contributed by atoms with van der Waals surface area (Å²) in [7, 11) is 4.59. The molecule has 1 aromatic rings. The molecule has 0 aromatic heterocycles. The monoisotopic (exact) mass is 254 g/mol. The minimum Gasteiger partial charge on any atom is -0.496 e. The first-order chi connectivity index (χ1) is 8.54. The summed E-state index contributed by atoms with van der Waals surface area (Å²) in [6, 6.07) is 3.47. The average molecular weight is 254 g/mol. The predicted molar refractivity (Wildman–Crippen MR) is 66.6 cm³/mol. The number of carbonyl (C=O) groups is 1. The van der Waals surface area contributed by atoms with Crippen molar-refractivity contribution in [1.29, 1.82) is 0 Å². The third kappa shape index (κ3) is 2.85. The molecule has 1 rings (SSSR count). The second-order valence-electron chi connectivity index (χ2n) is 3.93. The molecule has 0 fully saturated rings. The van der Waals surface area contributed by atoms with E-state index in [2.05, 4.69) is 0 Å². The lowest BCUT2D eigenvalue weighted by molar-refractivity contribution is -0.141. The summed E-state index contributed by atoms with van der Waals surface area (Å²) in [5.41, 5.74) is 0.703. The minimum atomic E-state index is -0.859. The molecule has 1 aromatic carbocycles. The molecule has 5 nitrogen and oxygen atoms in total. The summed E-state index contributed by atoms with van der Waals surface area (Å²) in [5.74, 6) is 0.290. The van der Waals surface area contributed by atoms with Crippen LogP contribution in [0.15, 0.2) is 12.1 Å². The van der Waals surface area contributed by atoms with Crippen molar-refractivity contribution in [2.45, 2.75) is 13.3 Å². The second-order valence-corrected chi connectivity index (χ2v) is 3.93. The van der Waals surface area contributed by atoms with Crippen LogP contribution in [0.25, 0.3) is 0 Å². The van der Waals surface area contributed by atoms with Crippen molar-refractivity contribution < 1.29 is 24.1 Å². The molecule has 0 amide bonds. The first kappa shape index (κ1) is 14.2. The van der Waals surface area contributed by atoms with Gasteiger partial charge >= 0.3 is 5.97 Å². The van der Waals surface area contributed by atoms with Gasteiger partial charge in [0.15, 0.2) is 11.5 Å². The van der Waals surface area contributed by atoms with E-state index in [1.807, 2.05) is 0 Å². The number of methoxy groups -OCH3 is 3. The molecular weight excluding hydrogens is 236 g/mol. The van der Waals surface area contributed by atoms with E-state index in [-0.39, 0.29) is 0 Å². The number of hydrogen-bond donors (Lipinski definition) is 1. The van der Waals surface area contributed by atoms with Gasteiger partial charge in [0, 0.05) is 5.56 Å². The Labute approximate surface area is 106 Å². The van der Waals surface area contributed by atoms with E-state index in [1.165, 1.54) is 21.3 Å². The highest BCUT2D eigenvalue weighted by Gasteiger charge is 2.21. The van der Waals surface area contributed by atoms with Gasteiger partial charge in [-0.25, -0.2) is 0 Å². The van der Waals surface area contributed by atoms with Crippen molar-refractivity contribution in [2.75, 3.05) is 21.3 Å². The smallest absolute Gasteiger partial charge is 0.306 e. The lowest BCUT2D eigenvalue weighted by atomic mass is 9.99. The Hall–Kier alpha value is -1.91. The van der Waals surface area contributed by atoms with Crippen LogP contribution in [0, 0.1) is 5.92 Å². The normalized spacial score (nSPS) is 11.8. The van der Waals surface area contributed by atoms with Crippen molar-refractivity contribution >= 4 is 5.97 Å². The Morgan fingerprint density at radius 3 is 2.17 bits per heavy atom. The van der Waals surface area contributed by atoms with E-state index < -0.39 is 11.9 Å². The summed E-state index contributed by atoms with van der Waals surface area (Å²) in [6.45, 7) is 1.64. The number of ether oxygens (including phenoxy) is 3. The molecule has 0 aliphatic carbocycles. The maximum absolute atomic E-state index is 10.9. The fourth-order valence-corrected chi connectivity index (χ4v) is 1.75. The SMILES string of the molecule is COc1ccc(OC)c(OC)c1CC(C)C(=O)O. The second kappa shape index (κ2) is 6.14.